The van der Waals surface area contributed by atoms with Crippen LogP contribution in [0.3, 0.4) is 0 Å². The Hall–Kier alpha value is -1.93. The van der Waals surface area contributed by atoms with Crippen molar-refractivity contribution in [2.45, 2.75) is 25.2 Å². The third-order valence-electron chi connectivity index (χ3n) is 5.56. The standard InChI is InChI=1S/C24H29N3O2S2/c1-17-14-18(2)22-21(15-17)25-24(31-22)27(9-5-8-26-10-12-29-13-11-26)23(28)19-6-4-7-20(16-19)30-3/h4,6-7,14-16H,5,8-13H2,1-3H3. The molecule has 0 atom stereocenters. The molecule has 0 N–H and O–H groups in total. The van der Waals surface area contributed by atoms with Crippen molar-refractivity contribution in [2.24, 2.45) is 0 Å². The fourth-order valence-electron chi connectivity index (χ4n) is 3.95. The Balaban J connectivity index is 1.61. The highest BCUT2D eigenvalue weighted by molar-refractivity contribution is 7.98. The van der Waals surface area contributed by atoms with E-state index in [-0.39, 0.29) is 5.91 Å². The molecule has 1 aliphatic heterocycles. The van der Waals surface area contributed by atoms with Crippen LogP contribution in [-0.2, 0) is 4.74 Å². The van der Waals surface area contributed by atoms with Crippen LogP contribution in [0.15, 0.2) is 41.3 Å². The van der Waals surface area contributed by atoms with Crippen LogP contribution in [0.25, 0.3) is 10.2 Å². The molecule has 0 aliphatic carbocycles. The predicted octanol–water partition coefficient (Wildman–Crippen LogP) is 5.00. The van der Waals surface area contributed by atoms with Gasteiger partial charge in [0.2, 0.25) is 0 Å². The first-order chi connectivity index (χ1) is 15.0. The van der Waals surface area contributed by atoms with E-state index >= 15 is 0 Å². The van der Waals surface area contributed by atoms with E-state index in [9.17, 15) is 4.79 Å². The van der Waals surface area contributed by atoms with E-state index in [2.05, 4.69) is 30.9 Å². The normalized spacial score (nSPS) is 14.8. The molecular formula is C24H29N3O2S2. The van der Waals surface area contributed by atoms with Crippen molar-refractivity contribution >= 4 is 44.4 Å². The van der Waals surface area contributed by atoms with E-state index < -0.39 is 0 Å². The molecule has 0 bridgehead atoms. The summed E-state index contributed by atoms with van der Waals surface area (Å²) in [5.41, 5.74) is 4.09. The minimum Gasteiger partial charge on any atom is -0.379 e. The van der Waals surface area contributed by atoms with Gasteiger partial charge in [-0.2, -0.15) is 0 Å². The van der Waals surface area contributed by atoms with Gasteiger partial charge in [0.25, 0.3) is 5.91 Å². The number of ether oxygens (including phenoxy) is 1. The Morgan fingerprint density at radius 1 is 1.23 bits per heavy atom. The smallest absolute Gasteiger partial charge is 0.260 e. The maximum Gasteiger partial charge on any atom is 0.260 e. The molecule has 0 unspecified atom stereocenters. The molecule has 0 saturated carbocycles. The fourth-order valence-corrected chi connectivity index (χ4v) is 5.45. The second-order valence-electron chi connectivity index (χ2n) is 7.92. The minimum atomic E-state index is 0.0197. The number of morpholine rings is 1. The first kappa shape index (κ1) is 22.3. The van der Waals surface area contributed by atoms with Crippen LogP contribution in [-0.4, -0.2) is 61.4 Å². The SMILES string of the molecule is CSc1cccc(C(=O)N(CCCN2CCOCC2)c2nc3cc(C)cc(C)c3s2)c1. The molecule has 2 heterocycles. The van der Waals surface area contributed by atoms with Crippen molar-refractivity contribution < 1.29 is 9.53 Å². The summed E-state index contributed by atoms with van der Waals surface area (Å²) < 4.78 is 6.61. The first-order valence-corrected chi connectivity index (χ1v) is 12.7. The number of anilines is 1. The number of aryl methyl sites for hydroxylation is 2. The monoisotopic (exact) mass is 455 g/mol. The fraction of sp³-hybridized carbons (Fsp3) is 0.417. The Bertz CT molecular complexity index is 1060. The summed E-state index contributed by atoms with van der Waals surface area (Å²) in [5, 5.41) is 0.783. The Morgan fingerprint density at radius 3 is 2.81 bits per heavy atom. The number of hydrogen-bond acceptors (Lipinski definition) is 6. The van der Waals surface area contributed by atoms with E-state index in [0.29, 0.717) is 12.1 Å². The lowest BCUT2D eigenvalue weighted by atomic mass is 10.1. The van der Waals surface area contributed by atoms with Gasteiger partial charge in [-0.05, 0) is 61.9 Å². The van der Waals surface area contributed by atoms with Crippen molar-refractivity contribution in [2.75, 3.05) is 50.5 Å². The number of thiazole rings is 1. The zero-order chi connectivity index (χ0) is 21.8. The Kier molecular flexibility index (Phi) is 7.27. The highest BCUT2D eigenvalue weighted by Gasteiger charge is 2.22. The molecule has 3 aromatic rings. The molecular weight excluding hydrogens is 426 g/mol. The molecule has 2 aromatic carbocycles. The number of amides is 1. The number of carbonyl (C=O) groups is 1. The number of carbonyl (C=O) groups excluding carboxylic acids is 1. The third kappa shape index (κ3) is 5.29. The average molecular weight is 456 g/mol. The number of hydrogen-bond donors (Lipinski definition) is 0. The lowest BCUT2D eigenvalue weighted by Gasteiger charge is -2.27. The van der Waals surface area contributed by atoms with E-state index in [4.69, 9.17) is 9.72 Å². The van der Waals surface area contributed by atoms with Crippen molar-refractivity contribution in [3.8, 4) is 0 Å². The predicted molar refractivity (Wildman–Crippen MR) is 131 cm³/mol. The topological polar surface area (TPSA) is 45.7 Å². The van der Waals surface area contributed by atoms with Crippen LogP contribution in [0.1, 0.15) is 27.9 Å². The summed E-state index contributed by atoms with van der Waals surface area (Å²) in [7, 11) is 0. The van der Waals surface area contributed by atoms with Gasteiger partial charge in [-0.25, -0.2) is 4.98 Å². The van der Waals surface area contributed by atoms with Crippen molar-refractivity contribution in [3.63, 3.8) is 0 Å². The average Bonchev–Trinajstić information content (AvgIpc) is 3.21. The molecule has 4 rings (SSSR count). The third-order valence-corrected chi connectivity index (χ3v) is 7.52. The zero-order valence-corrected chi connectivity index (χ0v) is 20.0. The van der Waals surface area contributed by atoms with Gasteiger partial charge in [0.1, 0.15) is 0 Å². The van der Waals surface area contributed by atoms with Crippen molar-refractivity contribution in [3.05, 3.63) is 53.1 Å². The molecule has 1 aromatic heterocycles. The lowest BCUT2D eigenvalue weighted by molar-refractivity contribution is 0.0376. The van der Waals surface area contributed by atoms with Crippen LogP contribution in [0.4, 0.5) is 5.13 Å². The van der Waals surface area contributed by atoms with E-state index in [1.54, 1.807) is 23.1 Å². The van der Waals surface area contributed by atoms with E-state index in [1.807, 2.05) is 35.4 Å². The van der Waals surface area contributed by atoms with Crippen molar-refractivity contribution in [1.82, 2.24) is 9.88 Å². The second kappa shape index (κ2) is 10.1. The number of aromatic nitrogens is 1. The number of rotatable bonds is 7. The van der Waals surface area contributed by atoms with Gasteiger partial charge in [0.05, 0.1) is 23.4 Å². The van der Waals surface area contributed by atoms with Crippen LogP contribution in [0.2, 0.25) is 0 Å². The molecule has 1 fully saturated rings. The minimum absolute atomic E-state index is 0.0197. The Labute approximate surface area is 192 Å². The second-order valence-corrected chi connectivity index (χ2v) is 9.78. The highest BCUT2D eigenvalue weighted by Crippen LogP contribution is 2.33. The molecule has 1 saturated heterocycles. The van der Waals surface area contributed by atoms with Gasteiger partial charge >= 0.3 is 0 Å². The molecule has 31 heavy (non-hydrogen) atoms. The van der Waals surface area contributed by atoms with Crippen LogP contribution in [0.5, 0.6) is 0 Å². The summed E-state index contributed by atoms with van der Waals surface area (Å²) in [6.07, 6.45) is 2.93. The molecule has 5 nitrogen and oxygen atoms in total. The van der Waals surface area contributed by atoms with E-state index in [1.165, 1.54) is 11.1 Å². The van der Waals surface area contributed by atoms with E-state index in [0.717, 1.165) is 59.5 Å². The summed E-state index contributed by atoms with van der Waals surface area (Å²) >= 11 is 3.26. The zero-order valence-electron chi connectivity index (χ0n) is 18.4. The molecule has 164 valence electrons. The quantitative estimate of drug-likeness (QED) is 0.469. The molecule has 0 spiro atoms. The molecule has 7 heteroatoms. The molecule has 1 aliphatic rings. The maximum absolute atomic E-state index is 13.6. The molecule has 1 amide bonds. The van der Waals surface area contributed by atoms with Gasteiger partial charge in [0.15, 0.2) is 5.13 Å². The van der Waals surface area contributed by atoms with Gasteiger partial charge in [-0.3, -0.25) is 14.6 Å². The van der Waals surface area contributed by atoms with Crippen LogP contribution >= 0.6 is 23.1 Å². The lowest BCUT2D eigenvalue weighted by Crippen LogP contribution is -2.39. The summed E-state index contributed by atoms with van der Waals surface area (Å²) in [6.45, 7) is 9.32. The molecule has 0 radical (unpaired) electrons. The van der Waals surface area contributed by atoms with Crippen LogP contribution < -0.4 is 4.90 Å². The maximum atomic E-state index is 13.6. The summed E-state index contributed by atoms with van der Waals surface area (Å²) in [4.78, 5) is 23.8. The first-order valence-electron chi connectivity index (χ1n) is 10.7. The highest BCUT2D eigenvalue weighted by atomic mass is 32.2. The largest absolute Gasteiger partial charge is 0.379 e. The number of thioether (sulfide) groups is 1. The summed E-state index contributed by atoms with van der Waals surface area (Å²) in [6, 6.07) is 12.2. The number of fused-ring (bicyclic) bond motifs is 1. The summed E-state index contributed by atoms with van der Waals surface area (Å²) in [5.74, 6) is 0.0197. The van der Waals surface area contributed by atoms with Gasteiger partial charge < -0.3 is 4.74 Å². The number of nitrogens with zero attached hydrogens (tertiary/aromatic N) is 3. The Morgan fingerprint density at radius 2 is 2.03 bits per heavy atom. The van der Waals surface area contributed by atoms with Crippen molar-refractivity contribution in [1.29, 1.82) is 0 Å². The number of benzene rings is 2. The van der Waals surface area contributed by atoms with Gasteiger partial charge in [-0.15, -0.1) is 11.8 Å². The van der Waals surface area contributed by atoms with Crippen LogP contribution in [0, 0.1) is 13.8 Å². The van der Waals surface area contributed by atoms with Gasteiger partial charge in [0, 0.05) is 36.6 Å². The van der Waals surface area contributed by atoms with Gasteiger partial charge in [-0.1, -0.05) is 23.5 Å².